The van der Waals surface area contributed by atoms with Crippen LogP contribution < -0.4 is 11.5 Å². The third-order valence-electron chi connectivity index (χ3n) is 2.12. The van der Waals surface area contributed by atoms with Crippen molar-refractivity contribution in [1.82, 2.24) is 0 Å². The highest BCUT2D eigenvalue weighted by Crippen LogP contribution is 2.18. The van der Waals surface area contributed by atoms with Crippen molar-refractivity contribution in [2.45, 2.75) is 19.4 Å². The van der Waals surface area contributed by atoms with Crippen molar-refractivity contribution in [2.24, 2.45) is 11.5 Å². The highest BCUT2D eigenvalue weighted by atomic mass is 35.5. The van der Waals surface area contributed by atoms with Crippen LogP contribution in [0.4, 0.5) is 4.39 Å². The molecule has 0 unspecified atom stereocenters. The van der Waals surface area contributed by atoms with E-state index in [0.717, 1.165) is 11.1 Å². The normalized spacial score (nSPS) is 12.0. The number of rotatable bonds is 3. The lowest BCUT2D eigenvalue weighted by atomic mass is 9.99. The average Bonchev–Trinajstić information content (AvgIpc) is 2.09. The van der Waals surface area contributed by atoms with Gasteiger partial charge in [-0.2, -0.15) is 0 Å². The lowest BCUT2D eigenvalue weighted by Crippen LogP contribution is -2.16. The Bertz CT molecular complexity index is 291. The number of hydrogen-bond donors (Lipinski definition) is 2. The molecule has 0 bridgehead atoms. The first-order valence-corrected chi connectivity index (χ1v) is 4.37. The van der Waals surface area contributed by atoms with Gasteiger partial charge in [0.2, 0.25) is 0 Å². The van der Waals surface area contributed by atoms with E-state index in [4.69, 9.17) is 11.5 Å². The summed E-state index contributed by atoms with van der Waals surface area (Å²) >= 11 is 0. The highest BCUT2D eigenvalue weighted by Gasteiger charge is 2.08. The van der Waals surface area contributed by atoms with Gasteiger partial charge in [0, 0.05) is 6.04 Å². The molecule has 0 saturated heterocycles. The first-order chi connectivity index (χ1) is 6.15. The maximum Gasteiger partial charge on any atom is 0.123 e. The van der Waals surface area contributed by atoms with Crippen molar-refractivity contribution >= 4 is 12.4 Å². The Kier molecular flexibility index (Phi) is 5.69. The summed E-state index contributed by atoms with van der Waals surface area (Å²) < 4.78 is 12.9. The molecule has 0 saturated carbocycles. The maximum absolute atomic E-state index is 12.9. The predicted octanol–water partition coefficient (Wildman–Crippen LogP) is 1.90. The molecule has 0 amide bonds. The van der Waals surface area contributed by atoms with Crippen LogP contribution in [0.1, 0.15) is 23.6 Å². The van der Waals surface area contributed by atoms with Crippen molar-refractivity contribution in [3.63, 3.8) is 0 Å². The quantitative estimate of drug-likeness (QED) is 0.814. The minimum atomic E-state index is -0.243. The monoisotopic (exact) mass is 218 g/mol. The molecule has 80 valence electrons. The van der Waals surface area contributed by atoms with Gasteiger partial charge in [-0.1, -0.05) is 6.07 Å². The molecule has 1 rings (SSSR count). The molecule has 0 fully saturated rings. The van der Waals surface area contributed by atoms with Crippen molar-refractivity contribution in [1.29, 1.82) is 0 Å². The van der Waals surface area contributed by atoms with Crippen molar-refractivity contribution < 1.29 is 4.39 Å². The molecule has 0 radical (unpaired) electrons. The zero-order chi connectivity index (χ0) is 9.84. The Morgan fingerprint density at radius 1 is 1.43 bits per heavy atom. The van der Waals surface area contributed by atoms with Crippen LogP contribution in [0, 0.1) is 12.7 Å². The maximum atomic E-state index is 12.9. The fourth-order valence-electron chi connectivity index (χ4n) is 1.35. The molecule has 4 N–H and O–H groups in total. The van der Waals surface area contributed by atoms with Gasteiger partial charge in [-0.15, -0.1) is 12.4 Å². The lowest BCUT2D eigenvalue weighted by Gasteiger charge is -2.13. The summed E-state index contributed by atoms with van der Waals surface area (Å²) in [6.45, 7) is 2.45. The second kappa shape index (κ2) is 5.96. The summed E-state index contributed by atoms with van der Waals surface area (Å²) in [5.41, 5.74) is 13.1. The lowest BCUT2D eigenvalue weighted by molar-refractivity contribution is 0.609. The minimum Gasteiger partial charge on any atom is -0.330 e. The van der Waals surface area contributed by atoms with Gasteiger partial charge in [-0.25, -0.2) is 4.39 Å². The van der Waals surface area contributed by atoms with E-state index in [1.54, 1.807) is 6.07 Å². The average molecular weight is 219 g/mol. The Balaban J connectivity index is 0.00000169. The van der Waals surface area contributed by atoms with Crippen LogP contribution in [0.3, 0.4) is 0 Å². The number of nitrogens with two attached hydrogens (primary N) is 2. The van der Waals surface area contributed by atoms with Gasteiger partial charge in [0.25, 0.3) is 0 Å². The van der Waals surface area contributed by atoms with Gasteiger partial charge >= 0.3 is 0 Å². The molecule has 0 heterocycles. The molecular formula is C10H16ClFN2. The molecule has 4 heteroatoms. The van der Waals surface area contributed by atoms with E-state index in [1.807, 2.05) is 6.92 Å². The van der Waals surface area contributed by atoms with Crippen LogP contribution in [-0.2, 0) is 0 Å². The standard InChI is InChI=1S/C10H15FN2.ClH/c1-7-2-3-8(11)6-9(7)10(13)4-5-12;/h2-3,6,10H,4-5,12-13H2,1H3;1H/t10-;/m1./s1. The summed E-state index contributed by atoms with van der Waals surface area (Å²) in [7, 11) is 0. The number of halogens is 2. The predicted molar refractivity (Wildman–Crippen MR) is 59.0 cm³/mol. The van der Waals surface area contributed by atoms with E-state index in [1.165, 1.54) is 12.1 Å². The third-order valence-corrected chi connectivity index (χ3v) is 2.12. The third kappa shape index (κ3) is 3.25. The number of aryl methyl sites for hydroxylation is 1. The zero-order valence-electron chi connectivity index (χ0n) is 8.16. The fraction of sp³-hybridized carbons (Fsp3) is 0.400. The second-order valence-corrected chi connectivity index (χ2v) is 3.18. The van der Waals surface area contributed by atoms with E-state index >= 15 is 0 Å². The van der Waals surface area contributed by atoms with Gasteiger partial charge in [-0.05, 0) is 43.1 Å². The SMILES string of the molecule is Cc1ccc(F)cc1[C@H](N)CCN.Cl. The van der Waals surface area contributed by atoms with Crippen molar-refractivity contribution in [2.75, 3.05) is 6.54 Å². The summed E-state index contributed by atoms with van der Waals surface area (Å²) in [5, 5.41) is 0. The van der Waals surface area contributed by atoms with Gasteiger partial charge in [0.15, 0.2) is 0 Å². The van der Waals surface area contributed by atoms with E-state index in [9.17, 15) is 4.39 Å². The van der Waals surface area contributed by atoms with E-state index in [2.05, 4.69) is 0 Å². The Labute approximate surface area is 89.9 Å². The Morgan fingerprint density at radius 2 is 2.07 bits per heavy atom. The van der Waals surface area contributed by atoms with Gasteiger partial charge in [0.05, 0.1) is 0 Å². The molecule has 0 aliphatic heterocycles. The fourth-order valence-corrected chi connectivity index (χ4v) is 1.35. The molecule has 0 aliphatic carbocycles. The highest BCUT2D eigenvalue weighted by molar-refractivity contribution is 5.85. The van der Waals surface area contributed by atoms with Crippen molar-refractivity contribution in [3.8, 4) is 0 Å². The van der Waals surface area contributed by atoms with Crippen LogP contribution in [0.5, 0.6) is 0 Å². The van der Waals surface area contributed by atoms with Crippen LogP contribution in [-0.4, -0.2) is 6.54 Å². The summed E-state index contributed by atoms with van der Waals surface area (Å²) in [5.74, 6) is -0.243. The van der Waals surface area contributed by atoms with Crippen LogP contribution >= 0.6 is 12.4 Å². The van der Waals surface area contributed by atoms with Crippen LogP contribution in [0.15, 0.2) is 18.2 Å². The first-order valence-electron chi connectivity index (χ1n) is 4.37. The number of benzene rings is 1. The summed E-state index contributed by atoms with van der Waals surface area (Å²) in [6.07, 6.45) is 0.685. The van der Waals surface area contributed by atoms with Gasteiger partial charge in [-0.3, -0.25) is 0 Å². The number of hydrogen-bond acceptors (Lipinski definition) is 2. The molecule has 0 aromatic heterocycles. The molecule has 14 heavy (non-hydrogen) atoms. The first kappa shape index (κ1) is 13.4. The van der Waals surface area contributed by atoms with E-state index < -0.39 is 0 Å². The van der Waals surface area contributed by atoms with Crippen LogP contribution in [0.25, 0.3) is 0 Å². The zero-order valence-corrected chi connectivity index (χ0v) is 8.98. The summed E-state index contributed by atoms with van der Waals surface area (Å²) in [4.78, 5) is 0. The minimum absolute atomic E-state index is 0. The van der Waals surface area contributed by atoms with E-state index in [0.29, 0.717) is 13.0 Å². The van der Waals surface area contributed by atoms with Crippen molar-refractivity contribution in [3.05, 3.63) is 35.1 Å². The molecule has 0 spiro atoms. The molecular weight excluding hydrogens is 203 g/mol. The molecule has 1 atom stereocenters. The molecule has 1 aromatic rings. The molecule has 1 aromatic carbocycles. The smallest absolute Gasteiger partial charge is 0.123 e. The largest absolute Gasteiger partial charge is 0.330 e. The second-order valence-electron chi connectivity index (χ2n) is 3.18. The van der Waals surface area contributed by atoms with E-state index in [-0.39, 0.29) is 24.3 Å². The van der Waals surface area contributed by atoms with Gasteiger partial charge in [0.1, 0.15) is 5.82 Å². The molecule has 2 nitrogen and oxygen atoms in total. The van der Waals surface area contributed by atoms with Crippen LogP contribution in [0.2, 0.25) is 0 Å². The van der Waals surface area contributed by atoms with Gasteiger partial charge < -0.3 is 11.5 Å². The Hall–Kier alpha value is -0.640. The Morgan fingerprint density at radius 3 is 2.64 bits per heavy atom. The molecule has 0 aliphatic rings. The summed E-state index contributed by atoms with van der Waals surface area (Å²) in [6, 6.07) is 4.51. The topological polar surface area (TPSA) is 52.0 Å².